The molecule has 5 nitrogen and oxygen atoms in total. The van der Waals surface area contributed by atoms with Crippen molar-refractivity contribution in [3.8, 4) is 16.9 Å². The van der Waals surface area contributed by atoms with Gasteiger partial charge in [-0.25, -0.2) is 8.78 Å². The third-order valence-corrected chi connectivity index (χ3v) is 7.25. The zero-order chi connectivity index (χ0) is 25.7. The highest BCUT2D eigenvalue weighted by Crippen LogP contribution is 2.45. The number of hydrogen-bond donors (Lipinski definition) is 1. The first-order chi connectivity index (χ1) is 17.2. The number of ether oxygens (including phenoxy) is 1. The van der Waals surface area contributed by atoms with E-state index in [1.165, 1.54) is 18.2 Å². The quantitative estimate of drug-likeness (QED) is 0.508. The summed E-state index contributed by atoms with van der Waals surface area (Å²) in [7, 11) is 0. The van der Waals surface area contributed by atoms with Crippen LogP contribution < -0.4 is 9.64 Å². The first-order valence-corrected chi connectivity index (χ1v) is 12.1. The van der Waals surface area contributed by atoms with E-state index in [1.807, 2.05) is 6.92 Å². The number of carbonyl (C=O) groups excluding carboxylic acids is 1. The van der Waals surface area contributed by atoms with Crippen molar-refractivity contribution in [3.05, 3.63) is 80.9 Å². The smallest absolute Gasteiger partial charge is 0.307 e. The van der Waals surface area contributed by atoms with Crippen LogP contribution in [0.1, 0.15) is 50.2 Å². The number of aryl methyl sites for hydroxylation is 2. The van der Waals surface area contributed by atoms with E-state index in [0.29, 0.717) is 53.9 Å². The molecular weight excluding hydrogens is 464 g/mol. The average Bonchev–Trinajstić information content (AvgIpc) is 3.26. The summed E-state index contributed by atoms with van der Waals surface area (Å²) in [6.45, 7) is 6.27. The zero-order valence-electron chi connectivity index (χ0n) is 20.5. The van der Waals surface area contributed by atoms with E-state index >= 15 is 4.39 Å². The number of aliphatic carboxylic acids is 1. The van der Waals surface area contributed by atoms with Gasteiger partial charge in [-0.1, -0.05) is 11.6 Å². The summed E-state index contributed by atoms with van der Waals surface area (Å²) < 4.78 is 35.4. The molecule has 36 heavy (non-hydrogen) atoms. The van der Waals surface area contributed by atoms with Crippen molar-refractivity contribution in [1.29, 1.82) is 0 Å². The van der Waals surface area contributed by atoms with Crippen LogP contribution in [0, 0.1) is 32.4 Å². The summed E-state index contributed by atoms with van der Waals surface area (Å²) >= 11 is 0. The summed E-state index contributed by atoms with van der Waals surface area (Å²) in [6, 6.07) is 7.65. The van der Waals surface area contributed by atoms with E-state index in [-0.39, 0.29) is 17.7 Å². The third kappa shape index (κ3) is 3.92. The molecule has 2 aliphatic heterocycles. The second-order valence-electron chi connectivity index (χ2n) is 9.60. The Balaban J connectivity index is 1.72. The van der Waals surface area contributed by atoms with Crippen LogP contribution in [-0.2, 0) is 24.1 Å². The molecule has 0 spiro atoms. The fraction of sp³-hybridized carbons (Fsp3) is 0.310. The molecule has 2 aliphatic rings. The molecule has 0 aliphatic carbocycles. The number of anilines is 1. The normalized spacial score (nSPS) is 14.3. The molecule has 186 valence electrons. The van der Waals surface area contributed by atoms with Crippen LogP contribution in [0.5, 0.6) is 5.75 Å². The molecule has 0 saturated carbocycles. The van der Waals surface area contributed by atoms with E-state index in [2.05, 4.69) is 0 Å². The van der Waals surface area contributed by atoms with E-state index in [4.69, 9.17) is 4.74 Å². The third-order valence-electron chi connectivity index (χ3n) is 7.25. The summed E-state index contributed by atoms with van der Waals surface area (Å²) in [5.74, 6) is -2.25. The number of carboxylic acids is 1. The van der Waals surface area contributed by atoms with Crippen LogP contribution in [-0.4, -0.2) is 30.1 Å². The van der Waals surface area contributed by atoms with Gasteiger partial charge in [0.05, 0.1) is 18.6 Å². The van der Waals surface area contributed by atoms with Gasteiger partial charge in [0.25, 0.3) is 5.91 Å². The van der Waals surface area contributed by atoms with Crippen LogP contribution in [0.4, 0.5) is 14.5 Å². The molecular formula is C29H27F2NO4. The van der Waals surface area contributed by atoms with Gasteiger partial charge in [0, 0.05) is 17.8 Å². The van der Waals surface area contributed by atoms with Crippen molar-refractivity contribution < 1.29 is 28.2 Å². The summed E-state index contributed by atoms with van der Waals surface area (Å²) in [5, 5.41) is 9.67. The maximum Gasteiger partial charge on any atom is 0.307 e. The van der Waals surface area contributed by atoms with Crippen LogP contribution in [0.2, 0.25) is 0 Å². The van der Waals surface area contributed by atoms with E-state index in [9.17, 15) is 19.1 Å². The molecule has 2 heterocycles. The predicted octanol–water partition coefficient (Wildman–Crippen LogP) is 5.71. The molecule has 0 radical (unpaired) electrons. The number of carbonyl (C=O) groups is 2. The monoisotopic (exact) mass is 491 g/mol. The topological polar surface area (TPSA) is 66.8 Å². The van der Waals surface area contributed by atoms with Gasteiger partial charge in [0.15, 0.2) is 11.6 Å². The molecule has 0 bridgehead atoms. The lowest BCUT2D eigenvalue weighted by atomic mass is 9.84. The lowest BCUT2D eigenvalue weighted by molar-refractivity contribution is -0.136. The number of rotatable bonds is 4. The molecule has 5 rings (SSSR count). The molecule has 0 aromatic heterocycles. The number of carboxylic acid groups (broad SMARTS) is 1. The number of amides is 1. The van der Waals surface area contributed by atoms with Crippen molar-refractivity contribution in [1.82, 2.24) is 0 Å². The molecule has 1 amide bonds. The largest absolute Gasteiger partial charge is 0.490 e. The average molecular weight is 492 g/mol. The van der Waals surface area contributed by atoms with E-state index < -0.39 is 23.5 Å². The molecule has 0 saturated heterocycles. The Morgan fingerprint density at radius 3 is 2.56 bits per heavy atom. The minimum atomic E-state index is -0.994. The SMILES string of the molecule is Cc1ccc(F)c(C(=O)N2CCc3c2cc(C)c(CC(=O)O)c3-c2cc(F)c3c(c2C)CCCO3)c1. The zero-order valence-corrected chi connectivity index (χ0v) is 20.5. The minimum Gasteiger partial charge on any atom is -0.490 e. The Kier molecular flexibility index (Phi) is 6.02. The van der Waals surface area contributed by atoms with Crippen LogP contribution in [0.25, 0.3) is 11.1 Å². The van der Waals surface area contributed by atoms with Crippen molar-refractivity contribution in [2.45, 2.75) is 46.5 Å². The molecule has 7 heteroatoms. The number of hydrogen-bond acceptors (Lipinski definition) is 3. The number of nitrogens with zero attached hydrogens (tertiary/aromatic N) is 1. The lowest BCUT2D eigenvalue weighted by Crippen LogP contribution is -2.29. The maximum atomic E-state index is 15.2. The van der Waals surface area contributed by atoms with Gasteiger partial charge >= 0.3 is 5.97 Å². The van der Waals surface area contributed by atoms with Crippen LogP contribution in [0.3, 0.4) is 0 Å². The van der Waals surface area contributed by atoms with Crippen molar-refractivity contribution in [2.24, 2.45) is 0 Å². The minimum absolute atomic E-state index is 0.00943. The molecule has 0 atom stereocenters. The number of fused-ring (bicyclic) bond motifs is 2. The van der Waals surface area contributed by atoms with Crippen molar-refractivity contribution >= 4 is 17.6 Å². The second-order valence-corrected chi connectivity index (χ2v) is 9.60. The Bertz CT molecular complexity index is 1430. The van der Waals surface area contributed by atoms with E-state index in [1.54, 1.807) is 30.9 Å². The number of halogens is 2. The molecule has 0 fully saturated rings. The summed E-state index contributed by atoms with van der Waals surface area (Å²) in [6.07, 6.45) is 1.66. The van der Waals surface area contributed by atoms with E-state index in [0.717, 1.165) is 28.7 Å². The van der Waals surface area contributed by atoms with Gasteiger partial charge in [0.2, 0.25) is 0 Å². The van der Waals surface area contributed by atoms with Gasteiger partial charge in [-0.05, 0) is 97.7 Å². The molecule has 1 N–H and O–H groups in total. The Morgan fingerprint density at radius 1 is 1.03 bits per heavy atom. The summed E-state index contributed by atoms with van der Waals surface area (Å²) in [5.41, 5.74) is 6.33. The van der Waals surface area contributed by atoms with Gasteiger partial charge in [-0.3, -0.25) is 9.59 Å². The first kappa shape index (κ1) is 24.0. The Hall–Kier alpha value is -3.74. The lowest BCUT2D eigenvalue weighted by Gasteiger charge is -2.25. The molecule has 3 aromatic carbocycles. The Morgan fingerprint density at radius 2 is 1.81 bits per heavy atom. The molecule has 0 unspecified atom stereocenters. The highest BCUT2D eigenvalue weighted by atomic mass is 19.1. The fourth-order valence-electron chi connectivity index (χ4n) is 5.51. The molecule has 3 aromatic rings. The van der Waals surface area contributed by atoms with Gasteiger partial charge < -0.3 is 14.7 Å². The predicted molar refractivity (Wildman–Crippen MR) is 133 cm³/mol. The fourth-order valence-corrected chi connectivity index (χ4v) is 5.51. The van der Waals surface area contributed by atoms with Crippen LogP contribution in [0.15, 0.2) is 30.3 Å². The Labute approximate surface area is 208 Å². The highest BCUT2D eigenvalue weighted by molar-refractivity contribution is 6.08. The second kappa shape index (κ2) is 9.04. The highest BCUT2D eigenvalue weighted by Gasteiger charge is 2.33. The van der Waals surface area contributed by atoms with Crippen molar-refractivity contribution in [2.75, 3.05) is 18.1 Å². The van der Waals surface area contributed by atoms with Gasteiger partial charge in [-0.2, -0.15) is 0 Å². The van der Waals surface area contributed by atoms with Gasteiger partial charge in [0.1, 0.15) is 5.82 Å². The summed E-state index contributed by atoms with van der Waals surface area (Å²) in [4.78, 5) is 26.8. The van der Waals surface area contributed by atoms with Crippen molar-refractivity contribution in [3.63, 3.8) is 0 Å². The first-order valence-electron chi connectivity index (χ1n) is 12.1. The van der Waals surface area contributed by atoms with Gasteiger partial charge in [-0.15, -0.1) is 0 Å². The number of benzene rings is 3. The maximum absolute atomic E-state index is 15.2. The standard InChI is InChI=1S/C29H27F2NO4/c1-15-6-7-23(30)22(11-15)29(35)32-9-8-19-25(32)12-16(2)20(14-26(33)34)27(19)21-13-24(31)28-18(17(21)3)5-4-10-36-28/h6-7,11-13H,4-5,8-10,14H2,1-3H3,(H,33,34). The van der Waals surface area contributed by atoms with Crippen LogP contribution >= 0.6 is 0 Å².